The van der Waals surface area contributed by atoms with Crippen molar-refractivity contribution in [2.75, 3.05) is 7.11 Å². The minimum absolute atomic E-state index is 0.0575. The summed E-state index contributed by atoms with van der Waals surface area (Å²) in [5.74, 6) is 0.454. The maximum atomic E-state index is 13.1. The number of rotatable bonds is 6. The lowest BCUT2D eigenvalue weighted by atomic mass is 10.2. The first-order chi connectivity index (χ1) is 13.1. The van der Waals surface area contributed by atoms with E-state index in [0.29, 0.717) is 12.2 Å². The van der Waals surface area contributed by atoms with Gasteiger partial charge in [-0.25, -0.2) is 9.37 Å². The van der Waals surface area contributed by atoms with Crippen LogP contribution in [0.25, 0.3) is 10.6 Å². The number of methoxy groups -OCH3 is 1. The zero-order valence-electron chi connectivity index (χ0n) is 14.9. The highest BCUT2D eigenvalue weighted by molar-refractivity contribution is 7.13. The molecule has 1 saturated carbocycles. The van der Waals surface area contributed by atoms with E-state index in [1.807, 2.05) is 29.2 Å². The van der Waals surface area contributed by atoms with Gasteiger partial charge in [0, 0.05) is 23.5 Å². The van der Waals surface area contributed by atoms with E-state index in [2.05, 4.69) is 4.98 Å². The van der Waals surface area contributed by atoms with Crippen LogP contribution in [0.3, 0.4) is 0 Å². The highest BCUT2D eigenvalue weighted by Gasteiger charge is 2.34. The van der Waals surface area contributed by atoms with Gasteiger partial charge in [-0.2, -0.15) is 0 Å². The summed E-state index contributed by atoms with van der Waals surface area (Å²) in [5, 5.41) is 2.50. The number of carbonyl (C=O) groups is 1. The molecule has 0 spiro atoms. The summed E-state index contributed by atoms with van der Waals surface area (Å²) in [5.41, 5.74) is 2.32. The number of hydrogen-bond donors (Lipinski definition) is 0. The molecule has 1 aliphatic rings. The van der Waals surface area contributed by atoms with Gasteiger partial charge in [0.05, 0.1) is 7.11 Å². The van der Waals surface area contributed by atoms with Crippen LogP contribution in [0.4, 0.5) is 4.39 Å². The average molecular weight is 382 g/mol. The molecule has 4 nitrogen and oxygen atoms in total. The van der Waals surface area contributed by atoms with E-state index in [9.17, 15) is 9.18 Å². The average Bonchev–Trinajstić information content (AvgIpc) is 3.42. The molecular weight excluding hydrogens is 363 g/mol. The van der Waals surface area contributed by atoms with Gasteiger partial charge in [-0.05, 0) is 54.8 Å². The number of amides is 1. The summed E-state index contributed by atoms with van der Waals surface area (Å²) >= 11 is 1.40. The molecule has 0 saturated heterocycles. The zero-order chi connectivity index (χ0) is 18.8. The molecular formula is C21H19FN2O2S. The van der Waals surface area contributed by atoms with Gasteiger partial charge in [0.1, 0.15) is 22.3 Å². The van der Waals surface area contributed by atoms with Crippen LogP contribution in [0.5, 0.6) is 5.75 Å². The van der Waals surface area contributed by atoms with Crippen LogP contribution in [0.15, 0.2) is 53.9 Å². The van der Waals surface area contributed by atoms with Crippen LogP contribution >= 0.6 is 11.3 Å². The molecule has 0 radical (unpaired) electrons. The summed E-state index contributed by atoms with van der Waals surface area (Å²) in [6.07, 6.45) is 2.05. The molecule has 6 heteroatoms. The number of carbonyl (C=O) groups excluding carboxylic acids is 1. The van der Waals surface area contributed by atoms with Gasteiger partial charge >= 0.3 is 0 Å². The Balaban J connectivity index is 1.53. The van der Waals surface area contributed by atoms with Crippen LogP contribution in [-0.4, -0.2) is 28.9 Å². The Bertz CT molecular complexity index is 934. The topological polar surface area (TPSA) is 42.4 Å². The zero-order valence-corrected chi connectivity index (χ0v) is 15.7. The molecule has 27 heavy (non-hydrogen) atoms. The third-order valence-corrected chi connectivity index (χ3v) is 5.47. The Hall–Kier alpha value is -2.73. The molecule has 0 N–H and O–H groups in total. The largest absolute Gasteiger partial charge is 0.497 e. The van der Waals surface area contributed by atoms with E-state index >= 15 is 0 Å². The molecule has 3 aromatic rings. The van der Waals surface area contributed by atoms with Gasteiger partial charge < -0.3 is 9.64 Å². The maximum absolute atomic E-state index is 13.1. The lowest BCUT2D eigenvalue weighted by Crippen LogP contribution is -2.32. The van der Waals surface area contributed by atoms with E-state index in [1.54, 1.807) is 24.6 Å². The van der Waals surface area contributed by atoms with Crippen molar-refractivity contribution in [1.82, 2.24) is 9.88 Å². The first-order valence-electron chi connectivity index (χ1n) is 8.79. The quantitative estimate of drug-likeness (QED) is 0.617. The molecule has 138 valence electrons. The number of ether oxygens (including phenoxy) is 1. The summed E-state index contributed by atoms with van der Waals surface area (Å²) in [4.78, 5) is 19.4. The number of halogens is 1. The van der Waals surface area contributed by atoms with Gasteiger partial charge in [0.15, 0.2) is 0 Å². The predicted octanol–water partition coefficient (Wildman–Crippen LogP) is 4.76. The van der Waals surface area contributed by atoms with E-state index < -0.39 is 0 Å². The monoisotopic (exact) mass is 382 g/mol. The molecule has 2 aromatic carbocycles. The molecule has 0 bridgehead atoms. The van der Waals surface area contributed by atoms with E-state index in [4.69, 9.17) is 4.74 Å². The van der Waals surface area contributed by atoms with E-state index in [1.165, 1.54) is 23.5 Å². The Labute approximate surface area is 161 Å². The Morgan fingerprint density at radius 2 is 1.89 bits per heavy atom. The van der Waals surface area contributed by atoms with E-state index in [-0.39, 0.29) is 17.8 Å². The Morgan fingerprint density at radius 1 is 1.19 bits per heavy atom. The molecule has 1 amide bonds. The highest BCUT2D eigenvalue weighted by Crippen LogP contribution is 2.31. The van der Waals surface area contributed by atoms with Crippen LogP contribution in [0.1, 0.15) is 28.9 Å². The molecule has 0 atom stereocenters. The van der Waals surface area contributed by atoms with Gasteiger partial charge in [-0.3, -0.25) is 4.79 Å². The summed E-state index contributed by atoms with van der Waals surface area (Å²) in [7, 11) is 1.63. The molecule has 4 rings (SSSR count). The molecule has 0 unspecified atom stereocenters. The number of thiazole rings is 1. The van der Waals surface area contributed by atoms with E-state index in [0.717, 1.165) is 34.7 Å². The van der Waals surface area contributed by atoms with Crippen LogP contribution < -0.4 is 4.74 Å². The van der Waals surface area contributed by atoms with Crippen molar-refractivity contribution in [2.45, 2.75) is 25.4 Å². The fourth-order valence-corrected chi connectivity index (χ4v) is 3.72. The smallest absolute Gasteiger partial charge is 0.273 e. The van der Waals surface area contributed by atoms with Crippen molar-refractivity contribution in [3.63, 3.8) is 0 Å². The molecule has 1 fully saturated rings. The number of nitrogens with zero attached hydrogens (tertiary/aromatic N) is 2. The summed E-state index contributed by atoms with van der Waals surface area (Å²) < 4.78 is 18.3. The van der Waals surface area contributed by atoms with Crippen molar-refractivity contribution < 1.29 is 13.9 Å². The molecule has 1 aliphatic carbocycles. The second-order valence-corrected chi connectivity index (χ2v) is 7.42. The fraction of sp³-hybridized carbons (Fsp3) is 0.238. The third-order valence-electron chi connectivity index (χ3n) is 4.57. The predicted molar refractivity (Wildman–Crippen MR) is 103 cm³/mol. The van der Waals surface area contributed by atoms with Crippen molar-refractivity contribution in [3.05, 3.63) is 71.0 Å². The molecule has 1 heterocycles. The molecule has 0 aliphatic heterocycles. The van der Waals surface area contributed by atoms with Gasteiger partial charge in [0.2, 0.25) is 0 Å². The first-order valence-corrected chi connectivity index (χ1v) is 9.67. The highest BCUT2D eigenvalue weighted by atomic mass is 32.1. The summed E-state index contributed by atoms with van der Waals surface area (Å²) in [6.45, 7) is 0.552. The van der Waals surface area contributed by atoms with Gasteiger partial charge in [0.25, 0.3) is 5.91 Å². The molecule has 1 aromatic heterocycles. The lowest BCUT2D eigenvalue weighted by Gasteiger charge is -2.21. The van der Waals surface area contributed by atoms with Crippen molar-refractivity contribution >= 4 is 17.2 Å². The van der Waals surface area contributed by atoms with Crippen molar-refractivity contribution in [2.24, 2.45) is 0 Å². The van der Waals surface area contributed by atoms with Crippen LogP contribution in [-0.2, 0) is 6.54 Å². The number of hydrogen-bond acceptors (Lipinski definition) is 4. The Kier molecular flexibility index (Phi) is 4.90. The minimum Gasteiger partial charge on any atom is -0.497 e. The SMILES string of the molecule is COc1ccc(CN(C(=O)c2csc(-c3ccc(F)cc3)n2)C2CC2)cc1. The number of aromatic nitrogens is 1. The normalized spacial score (nSPS) is 13.4. The fourth-order valence-electron chi connectivity index (χ4n) is 2.92. The summed E-state index contributed by atoms with van der Waals surface area (Å²) in [6, 6.07) is 14.2. The second kappa shape index (κ2) is 7.48. The lowest BCUT2D eigenvalue weighted by molar-refractivity contribution is 0.0725. The van der Waals surface area contributed by atoms with Crippen molar-refractivity contribution in [3.8, 4) is 16.3 Å². The van der Waals surface area contributed by atoms with Gasteiger partial charge in [-0.1, -0.05) is 12.1 Å². The van der Waals surface area contributed by atoms with Crippen molar-refractivity contribution in [1.29, 1.82) is 0 Å². The van der Waals surface area contributed by atoms with Gasteiger partial charge in [-0.15, -0.1) is 11.3 Å². The minimum atomic E-state index is -0.286. The Morgan fingerprint density at radius 3 is 2.52 bits per heavy atom. The second-order valence-electron chi connectivity index (χ2n) is 6.56. The maximum Gasteiger partial charge on any atom is 0.273 e. The number of benzene rings is 2. The first kappa shape index (κ1) is 17.7. The standard InChI is InChI=1S/C21H19FN2O2S/c1-26-18-10-2-14(3-11-18)12-24(17-8-9-17)21(25)19-13-27-20(23-19)15-4-6-16(22)7-5-15/h2-7,10-11,13,17H,8-9,12H2,1H3. The van der Waals surface area contributed by atoms with Crippen LogP contribution in [0, 0.1) is 5.82 Å². The van der Waals surface area contributed by atoms with Crippen LogP contribution in [0.2, 0.25) is 0 Å². The third kappa shape index (κ3) is 4.01.